The Labute approximate surface area is 56.0 Å². The summed E-state index contributed by atoms with van der Waals surface area (Å²) in [5.74, 6) is -0.583. The zero-order valence-electron chi connectivity index (χ0n) is 2.77. The van der Waals surface area contributed by atoms with Gasteiger partial charge in [0.1, 0.15) is 0 Å². The fourth-order valence-corrected chi connectivity index (χ4v) is 0. The predicted octanol–water partition coefficient (Wildman–Crippen LogP) is -0.697. The standard InChI is InChI=1S/C2H4NO.Y/c1-2(3)4;/h1H2,(H2,3,4);/q-1;. The first-order chi connectivity index (χ1) is 1.73. The number of primary amides is 1. The summed E-state index contributed by atoms with van der Waals surface area (Å²) in [6, 6.07) is 0. The molecule has 0 aliphatic rings. The Balaban J connectivity index is 0. The second-order valence-corrected chi connectivity index (χ2v) is 0.466. The molecule has 2 nitrogen and oxygen atoms in total. The molecule has 0 bridgehead atoms. The maximum atomic E-state index is 9.11. The van der Waals surface area contributed by atoms with E-state index in [1.807, 2.05) is 0 Å². The number of carbonyl (C=O) groups excluding carboxylic acids is 1. The maximum absolute atomic E-state index is 9.11. The molecule has 0 unspecified atom stereocenters. The third-order valence-electron chi connectivity index (χ3n) is 0. The van der Waals surface area contributed by atoms with Crippen LogP contribution in [0, 0.1) is 6.92 Å². The third-order valence-corrected chi connectivity index (χ3v) is 0. The van der Waals surface area contributed by atoms with Gasteiger partial charge in [-0.25, -0.2) is 0 Å². The maximum Gasteiger partial charge on any atom is 0.0770 e. The van der Waals surface area contributed by atoms with E-state index in [1.54, 1.807) is 0 Å². The summed E-state index contributed by atoms with van der Waals surface area (Å²) in [6.07, 6.45) is 0. The van der Waals surface area contributed by atoms with Crippen LogP contribution < -0.4 is 5.73 Å². The van der Waals surface area contributed by atoms with E-state index in [0.717, 1.165) is 0 Å². The second-order valence-electron chi connectivity index (χ2n) is 0.466. The molecule has 5 heavy (non-hydrogen) atoms. The molecular formula is C2H4NOY-. The van der Waals surface area contributed by atoms with Crippen LogP contribution in [-0.2, 0) is 37.5 Å². The minimum Gasteiger partial charge on any atom is -0.395 e. The summed E-state index contributed by atoms with van der Waals surface area (Å²) >= 11 is 0. The van der Waals surface area contributed by atoms with Crippen molar-refractivity contribution >= 4 is 5.91 Å². The Morgan fingerprint density at radius 2 is 1.80 bits per heavy atom. The fraction of sp³-hybridized carbons (Fsp3) is 0. The van der Waals surface area contributed by atoms with Crippen molar-refractivity contribution in [1.29, 1.82) is 0 Å². The minimum absolute atomic E-state index is 0. The summed E-state index contributed by atoms with van der Waals surface area (Å²) < 4.78 is 0. The van der Waals surface area contributed by atoms with E-state index in [1.165, 1.54) is 0 Å². The fourth-order valence-electron chi connectivity index (χ4n) is 0. The molecule has 0 aromatic rings. The molecule has 1 amide bonds. The van der Waals surface area contributed by atoms with Gasteiger partial charge >= 0.3 is 0 Å². The molecule has 1 radical (unpaired) electrons. The molecule has 0 atom stereocenters. The van der Waals surface area contributed by atoms with Crippen molar-refractivity contribution in [3.8, 4) is 0 Å². The van der Waals surface area contributed by atoms with Gasteiger partial charge in [0.15, 0.2) is 0 Å². The number of hydrogen-bond acceptors (Lipinski definition) is 1. The van der Waals surface area contributed by atoms with Crippen LogP contribution in [0.3, 0.4) is 0 Å². The van der Waals surface area contributed by atoms with E-state index < -0.39 is 5.91 Å². The van der Waals surface area contributed by atoms with E-state index in [4.69, 9.17) is 4.79 Å². The van der Waals surface area contributed by atoms with Crippen LogP contribution in [0.2, 0.25) is 0 Å². The van der Waals surface area contributed by atoms with Gasteiger partial charge in [-0.1, -0.05) is 0 Å². The summed E-state index contributed by atoms with van der Waals surface area (Å²) in [7, 11) is 0. The van der Waals surface area contributed by atoms with E-state index in [9.17, 15) is 0 Å². The first-order valence-corrected chi connectivity index (χ1v) is 0.846. The van der Waals surface area contributed by atoms with Crippen LogP contribution in [-0.4, -0.2) is 5.91 Å². The van der Waals surface area contributed by atoms with Crippen LogP contribution in [0.25, 0.3) is 0 Å². The van der Waals surface area contributed by atoms with Crippen molar-refractivity contribution in [3.63, 3.8) is 0 Å². The molecule has 3 heteroatoms. The Bertz CT molecular complexity index is 32.6. The summed E-state index contributed by atoms with van der Waals surface area (Å²) in [4.78, 5) is 9.11. The zero-order valence-corrected chi connectivity index (χ0v) is 5.61. The summed E-state index contributed by atoms with van der Waals surface area (Å²) in [5.41, 5.74) is 4.36. The van der Waals surface area contributed by atoms with E-state index in [2.05, 4.69) is 12.7 Å². The largest absolute Gasteiger partial charge is 0.395 e. The molecule has 0 spiro atoms. The second kappa shape index (κ2) is 4.44. The third kappa shape index (κ3) is 135. The number of amides is 1. The van der Waals surface area contributed by atoms with Gasteiger partial charge in [0.05, 0.1) is 5.91 Å². The summed E-state index contributed by atoms with van der Waals surface area (Å²) in [5, 5.41) is 0. The van der Waals surface area contributed by atoms with Crippen molar-refractivity contribution in [2.45, 2.75) is 0 Å². The monoisotopic (exact) mass is 147 g/mol. The van der Waals surface area contributed by atoms with Crippen LogP contribution in [0.15, 0.2) is 0 Å². The van der Waals surface area contributed by atoms with Crippen molar-refractivity contribution < 1.29 is 37.5 Å². The van der Waals surface area contributed by atoms with Gasteiger partial charge in [0, 0.05) is 32.7 Å². The molecule has 0 heterocycles. The number of hydrogen-bond donors (Lipinski definition) is 1. The van der Waals surface area contributed by atoms with Gasteiger partial charge < -0.3 is 17.5 Å². The molecule has 0 aromatic heterocycles. The Morgan fingerprint density at radius 3 is 1.80 bits per heavy atom. The molecule has 0 rings (SSSR count). The molecule has 2 N–H and O–H groups in total. The normalized spacial score (nSPS) is 4.80. The first-order valence-electron chi connectivity index (χ1n) is 0.846. The molecule has 27 valence electrons. The average molecular weight is 147 g/mol. The zero-order chi connectivity index (χ0) is 3.58. The van der Waals surface area contributed by atoms with Gasteiger partial charge in [0.2, 0.25) is 0 Å². The van der Waals surface area contributed by atoms with Crippen molar-refractivity contribution in [1.82, 2.24) is 0 Å². The molecular weight excluding hydrogens is 143 g/mol. The topological polar surface area (TPSA) is 43.1 Å². The molecule has 0 fully saturated rings. The molecule has 0 saturated heterocycles. The predicted molar refractivity (Wildman–Crippen MR) is 14.6 cm³/mol. The average Bonchev–Trinajstić information content (AvgIpc) is 0.811. The van der Waals surface area contributed by atoms with Crippen LogP contribution >= 0.6 is 0 Å². The van der Waals surface area contributed by atoms with E-state index >= 15 is 0 Å². The molecule has 0 aliphatic heterocycles. The minimum atomic E-state index is -0.583. The Morgan fingerprint density at radius 1 is 1.80 bits per heavy atom. The quantitative estimate of drug-likeness (QED) is 0.452. The SMILES string of the molecule is [CH2-]C(N)=O.[Y]. The summed E-state index contributed by atoms with van der Waals surface area (Å²) in [6.45, 7) is 2.78. The Kier molecular flexibility index (Phi) is 8.06. The van der Waals surface area contributed by atoms with Gasteiger partial charge in [0.25, 0.3) is 0 Å². The van der Waals surface area contributed by atoms with Gasteiger partial charge in [-0.3, -0.25) is 0 Å². The first kappa shape index (κ1) is 9.06. The number of rotatable bonds is 0. The molecule has 0 saturated carbocycles. The molecule has 0 aromatic carbocycles. The van der Waals surface area contributed by atoms with Crippen LogP contribution in [0.1, 0.15) is 0 Å². The van der Waals surface area contributed by atoms with Crippen molar-refractivity contribution in [2.75, 3.05) is 0 Å². The van der Waals surface area contributed by atoms with Crippen molar-refractivity contribution in [2.24, 2.45) is 5.73 Å². The number of nitrogens with two attached hydrogens (primary N) is 1. The van der Waals surface area contributed by atoms with Gasteiger partial charge in [-0.2, -0.15) is 0 Å². The van der Waals surface area contributed by atoms with Gasteiger partial charge in [-0.15, -0.1) is 0 Å². The molecule has 0 aliphatic carbocycles. The van der Waals surface area contributed by atoms with Crippen LogP contribution in [0.5, 0.6) is 0 Å². The Hall–Kier alpha value is 0.444. The van der Waals surface area contributed by atoms with Crippen molar-refractivity contribution in [3.05, 3.63) is 6.92 Å². The number of carbonyl (C=O) groups is 1. The van der Waals surface area contributed by atoms with E-state index in [0.29, 0.717) is 0 Å². The smallest absolute Gasteiger partial charge is 0.0770 e. The van der Waals surface area contributed by atoms with E-state index in [-0.39, 0.29) is 32.7 Å². The van der Waals surface area contributed by atoms with Crippen LogP contribution in [0.4, 0.5) is 0 Å². The van der Waals surface area contributed by atoms with Gasteiger partial charge in [-0.05, 0) is 0 Å².